The van der Waals surface area contributed by atoms with Crippen molar-refractivity contribution in [1.82, 2.24) is 15.3 Å². The number of nitrogens with zero attached hydrogens (tertiary/aromatic N) is 3. The molecule has 4 nitrogen and oxygen atoms in total. The maximum atomic E-state index is 4.52. The van der Waals surface area contributed by atoms with Crippen LogP contribution < -0.4 is 10.2 Å². The Labute approximate surface area is 111 Å². The van der Waals surface area contributed by atoms with Crippen molar-refractivity contribution < 1.29 is 0 Å². The molecule has 102 valence electrons. The molecule has 0 aliphatic heterocycles. The molecule has 4 heteroatoms. The van der Waals surface area contributed by atoms with Crippen LogP contribution in [0.15, 0.2) is 12.4 Å². The molecule has 0 aromatic carbocycles. The highest BCUT2D eigenvalue weighted by Gasteiger charge is 2.12. The lowest BCUT2D eigenvalue weighted by Gasteiger charge is -2.27. The summed E-state index contributed by atoms with van der Waals surface area (Å²) in [7, 11) is 0. The van der Waals surface area contributed by atoms with E-state index in [1.54, 1.807) is 0 Å². The van der Waals surface area contributed by atoms with Crippen molar-refractivity contribution in [2.24, 2.45) is 0 Å². The van der Waals surface area contributed by atoms with Crippen LogP contribution in [-0.4, -0.2) is 29.1 Å². The van der Waals surface area contributed by atoms with Crippen molar-refractivity contribution in [2.45, 2.75) is 53.1 Å². The van der Waals surface area contributed by atoms with Gasteiger partial charge in [0.25, 0.3) is 0 Å². The van der Waals surface area contributed by atoms with E-state index < -0.39 is 0 Å². The van der Waals surface area contributed by atoms with E-state index in [0.717, 1.165) is 44.0 Å². The average Bonchev–Trinajstić information content (AvgIpc) is 2.41. The summed E-state index contributed by atoms with van der Waals surface area (Å²) in [5.74, 6) is 0.978. The molecule has 1 heterocycles. The Bertz CT molecular complexity index is 323. The molecule has 1 atom stereocenters. The summed E-state index contributed by atoms with van der Waals surface area (Å²) < 4.78 is 0. The number of rotatable bonds is 8. The Hall–Kier alpha value is -1.16. The van der Waals surface area contributed by atoms with Gasteiger partial charge in [0.2, 0.25) is 0 Å². The van der Waals surface area contributed by atoms with Gasteiger partial charge in [-0.3, -0.25) is 4.98 Å². The molecule has 18 heavy (non-hydrogen) atoms. The smallest absolute Gasteiger partial charge is 0.147 e. The highest BCUT2D eigenvalue weighted by molar-refractivity contribution is 5.36. The molecule has 0 aliphatic rings. The third kappa shape index (κ3) is 4.26. The molecule has 1 rings (SSSR count). The predicted octanol–water partition coefficient (Wildman–Crippen LogP) is 2.60. The lowest BCUT2D eigenvalue weighted by molar-refractivity contribution is 0.618. The van der Waals surface area contributed by atoms with E-state index in [0.29, 0.717) is 6.04 Å². The molecule has 0 amide bonds. The molecule has 1 unspecified atom stereocenters. The van der Waals surface area contributed by atoms with Gasteiger partial charge in [-0.25, -0.2) is 4.98 Å². The molecule has 0 saturated carbocycles. The van der Waals surface area contributed by atoms with Crippen LogP contribution in [0.1, 0.15) is 46.2 Å². The molecular weight excluding hydrogens is 224 g/mol. The van der Waals surface area contributed by atoms with Gasteiger partial charge in [-0.05, 0) is 33.2 Å². The second-order valence-corrected chi connectivity index (χ2v) is 4.59. The number of anilines is 1. The Morgan fingerprint density at radius 2 is 2.00 bits per heavy atom. The summed E-state index contributed by atoms with van der Waals surface area (Å²) >= 11 is 0. The predicted molar refractivity (Wildman–Crippen MR) is 76.8 cm³/mol. The van der Waals surface area contributed by atoms with Crippen LogP contribution in [0, 0.1) is 0 Å². The van der Waals surface area contributed by atoms with Gasteiger partial charge in [-0.2, -0.15) is 0 Å². The lowest BCUT2D eigenvalue weighted by Crippen LogP contribution is -2.33. The lowest BCUT2D eigenvalue weighted by atomic mass is 10.2. The molecule has 1 aromatic rings. The maximum absolute atomic E-state index is 4.52. The maximum Gasteiger partial charge on any atom is 0.147 e. The van der Waals surface area contributed by atoms with Crippen molar-refractivity contribution in [3.63, 3.8) is 0 Å². The van der Waals surface area contributed by atoms with Crippen molar-refractivity contribution in [1.29, 1.82) is 0 Å². The molecule has 0 radical (unpaired) electrons. The largest absolute Gasteiger partial charge is 0.353 e. The zero-order valence-electron chi connectivity index (χ0n) is 12.1. The first kappa shape index (κ1) is 14.9. The first-order valence-electron chi connectivity index (χ1n) is 7.01. The minimum Gasteiger partial charge on any atom is -0.353 e. The Morgan fingerprint density at radius 3 is 2.50 bits per heavy atom. The highest BCUT2D eigenvalue weighted by atomic mass is 15.2. The Kier molecular flexibility index (Phi) is 6.65. The number of aromatic nitrogens is 2. The first-order valence-corrected chi connectivity index (χ1v) is 7.01. The molecule has 0 fully saturated rings. The summed E-state index contributed by atoms with van der Waals surface area (Å²) in [4.78, 5) is 11.3. The highest BCUT2D eigenvalue weighted by Crippen LogP contribution is 2.14. The summed E-state index contributed by atoms with van der Waals surface area (Å²) in [5.41, 5.74) is 1.01. The van der Waals surface area contributed by atoms with Gasteiger partial charge in [0.1, 0.15) is 5.82 Å². The second-order valence-electron chi connectivity index (χ2n) is 4.59. The number of hydrogen-bond donors (Lipinski definition) is 1. The van der Waals surface area contributed by atoms with Gasteiger partial charge in [-0.15, -0.1) is 0 Å². The van der Waals surface area contributed by atoms with E-state index in [1.165, 1.54) is 0 Å². The summed E-state index contributed by atoms with van der Waals surface area (Å²) in [6, 6.07) is 0.508. The van der Waals surface area contributed by atoms with E-state index in [1.807, 2.05) is 12.4 Å². The van der Waals surface area contributed by atoms with E-state index in [4.69, 9.17) is 0 Å². The molecular formula is C14H26N4. The van der Waals surface area contributed by atoms with Crippen molar-refractivity contribution >= 4 is 5.82 Å². The third-order valence-corrected chi connectivity index (χ3v) is 3.18. The number of hydrogen-bond acceptors (Lipinski definition) is 4. The molecule has 0 bridgehead atoms. The van der Waals surface area contributed by atoms with Gasteiger partial charge < -0.3 is 10.2 Å². The minimum atomic E-state index is 0.508. The van der Waals surface area contributed by atoms with E-state index in [2.05, 4.69) is 47.9 Å². The Morgan fingerprint density at radius 1 is 1.22 bits per heavy atom. The topological polar surface area (TPSA) is 41.1 Å². The monoisotopic (exact) mass is 250 g/mol. The third-order valence-electron chi connectivity index (χ3n) is 3.18. The van der Waals surface area contributed by atoms with Crippen LogP contribution in [0.5, 0.6) is 0 Å². The first-order chi connectivity index (χ1) is 8.72. The van der Waals surface area contributed by atoms with Crippen molar-refractivity contribution in [3.05, 3.63) is 18.1 Å². The van der Waals surface area contributed by atoms with Crippen LogP contribution in [0.4, 0.5) is 5.82 Å². The molecule has 1 N–H and O–H groups in total. The van der Waals surface area contributed by atoms with Crippen LogP contribution in [0.25, 0.3) is 0 Å². The van der Waals surface area contributed by atoms with Crippen LogP contribution in [0.2, 0.25) is 0 Å². The fourth-order valence-corrected chi connectivity index (χ4v) is 1.90. The van der Waals surface area contributed by atoms with E-state index in [-0.39, 0.29) is 0 Å². The standard InChI is InChI=1S/C14H26N4/c1-5-8-15-9-13-10-17-14(11-16-13)18(7-3)12(4)6-2/h10-12,15H,5-9H2,1-4H3. The summed E-state index contributed by atoms with van der Waals surface area (Å²) in [6.07, 6.45) is 6.03. The van der Waals surface area contributed by atoms with Gasteiger partial charge >= 0.3 is 0 Å². The van der Waals surface area contributed by atoms with Crippen LogP contribution in [0.3, 0.4) is 0 Å². The normalized spacial score (nSPS) is 12.4. The summed E-state index contributed by atoms with van der Waals surface area (Å²) in [5, 5.41) is 3.33. The number of nitrogens with one attached hydrogen (secondary N) is 1. The van der Waals surface area contributed by atoms with Gasteiger partial charge in [0, 0.05) is 19.1 Å². The van der Waals surface area contributed by atoms with Gasteiger partial charge in [0.05, 0.1) is 18.1 Å². The zero-order chi connectivity index (χ0) is 13.4. The van der Waals surface area contributed by atoms with Crippen LogP contribution >= 0.6 is 0 Å². The van der Waals surface area contributed by atoms with Gasteiger partial charge in [-0.1, -0.05) is 13.8 Å². The summed E-state index contributed by atoms with van der Waals surface area (Å²) in [6.45, 7) is 11.5. The quantitative estimate of drug-likeness (QED) is 0.720. The Balaban J connectivity index is 2.63. The molecule has 0 spiro atoms. The minimum absolute atomic E-state index is 0.508. The van der Waals surface area contributed by atoms with E-state index >= 15 is 0 Å². The van der Waals surface area contributed by atoms with Gasteiger partial charge in [0.15, 0.2) is 0 Å². The second kappa shape index (κ2) is 8.03. The zero-order valence-corrected chi connectivity index (χ0v) is 12.1. The van der Waals surface area contributed by atoms with E-state index in [9.17, 15) is 0 Å². The van der Waals surface area contributed by atoms with Crippen molar-refractivity contribution in [2.75, 3.05) is 18.0 Å². The van der Waals surface area contributed by atoms with Crippen LogP contribution in [-0.2, 0) is 6.54 Å². The average molecular weight is 250 g/mol. The molecule has 0 saturated heterocycles. The fraction of sp³-hybridized carbons (Fsp3) is 0.714. The fourth-order valence-electron chi connectivity index (χ4n) is 1.90. The SMILES string of the molecule is CCCNCc1cnc(N(CC)C(C)CC)cn1. The molecule has 0 aliphatic carbocycles. The molecule has 1 aromatic heterocycles. The van der Waals surface area contributed by atoms with Crippen molar-refractivity contribution in [3.8, 4) is 0 Å².